The third-order valence-electron chi connectivity index (χ3n) is 5.90. The number of aromatic nitrogens is 3. The molecule has 1 amide bonds. The van der Waals surface area contributed by atoms with Gasteiger partial charge in [-0.2, -0.15) is 5.10 Å². The van der Waals surface area contributed by atoms with Gasteiger partial charge in [0.25, 0.3) is 0 Å². The summed E-state index contributed by atoms with van der Waals surface area (Å²) < 4.78 is 6.14. The van der Waals surface area contributed by atoms with Gasteiger partial charge in [0.1, 0.15) is 5.75 Å². The molecule has 8 nitrogen and oxygen atoms in total. The van der Waals surface area contributed by atoms with E-state index in [2.05, 4.69) is 48.2 Å². The van der Waals surface area contributed by atoms with Gasteiger partial charge in [0.05, 0.1) is 18.2 Å². The first-order valence-corrected chi connectivity index (χ1v) is 11.8. The lowest BCUT2D eigenvalue weighted by molar-refractivity contribution is -0.116. The quantitative estimate of drug-likeness (QED) is 0.489. The van der Waals surface area contributed by atoms with Gasteiger partial charge in [0.15, 0.2) is 11.5 Å². The standard InChI is InChI=1S/C23H29BrN6O2/c1-3-29-10-12-30(13-11-29)9-5-8-20(31)25-22-18-15-19(24)21(26-23(18)28-27-22)16-6-4-7-17(14-16)32-2/h4,6-7,14-15H,3,5,8-13H2,1-2H3,(H2,25,26,27,28,31). The summed E-state index contributed by atoms with van der Waals surface area (Å²) in [4.78, 5) is 22.1. The van der Waals surface area contributed by atoms with Crippen molar-refractivity contribution >= 4 is 38.7 Å². The minimum atomic E-state index is -0.0291. The molecule has 9 heteroatoms. The summed E-state index contributed by atoms with van der Waals surface area (Å²) in [6.45, 7) is 8.64. The average Bonchev–Trinajstić information content (AvgIpc) is 3.20. The summed E-state index contributed by atoms with van der Waals surface area (Å²) in [6, 6.07) is 9.66. The summed E-state index contributed by atoms with van der Waals surface area (Å²) >= 11 is 3.61. The van der Waals surface area contributed by atoms with Crippen molar-refractivity contribution in [3.05, 3.63) is 34.8 Å². The van der Waals surface area contributed by atoms with Crippen molar-refractivity contribution in [2.24, 2.45) is 0 Å². The van der Waals surface area contributed by atoms with E-state index in [9.17, 15) is 4.79 Å². The molecule has 0 saturated carbocycles. The number of piperazine rings is 1. The minimum absolute atomic E-state index is 0.0291. The topological polar surface area (TPSA) is 86.4 Å². The molecular formula is C23H29BrN6O2. The number of benzene rings is 1. The molecular weight excluding hydrogens is 472 g/mol. The van der Waals surface area contributed by atoms with Crippen LogP contribution in [0.15, 0.2) is 34.8 Å². The van der Waals surface area contributed by atoms with Gasteiger partial charge in [0, 0.05) is 42.6 Å². The van der Waals surface area contributed by atoms with E-state index in [1.54, 1.807) is 7.11 Å². The molecule has 32 heavy (non-hydrogen) atoms. The van der Waals surface area contributed by atoms with E-state index in [0.717, 1.165) is 72.6 Å². The molecule has 0 bridgehead atoms. The summed E-state index contributed by atoms with van der Waals surface area (Å²) in [6.07, 6.45) is 1.31. The molecule has 4 rings (SSSR count). The number of H-pyrrole nitrogens is 1. The molecule has 1 aliphatic rings. The van der Waals surface area contributed by atoms with Crippen LogP contribution in [0.25, 0.3) is 22.3 Å². The maximum Gasteiger partial charge on any atom is 0.225 e. The first-order chi connectivity index (χ1) is 15.6. The lowest BCUT2D eigenvalue weighted by Crippen LogP contribution is -2.46. The van der Waals surface area contributed by atoms with Crippen molar-refractivity contribution in [3.63, 3.8) is 0 Å². The number of nitrogens with zero attached hydrogens (tertiary/aromatic N) is 4. The minimum Gasteiger partial charge on any atom is -0.497 e. The number of rotatable bonds is 8. The Morgan fingerprint density at radius 3 is 2.75 bits per heavy atom. The van der Waals surface area contributed by atoms with Crippen molar-refractivity contribution < 1.29 is 9.53 Å². The van der Waals surface area contributed by atoms with Gasteiger partial charge in [-0.05, 0) is 53.6 Å². The Kier molecular flexibility index (Phi) is 7.39. The molecule has 0 radical (unpaired) electrons. The number of amides is 1. The number of methoxy groups -OCH3 is 1. The zero-order valence-electron chi connectivity index (χ0n) is 18.5. The molecule has 0 unspecified atom stereocenters. The fraction of sp³-hybridized carbons (Fsp3) is 0.435. The van der Waals surface area contributed by atoms with Crippen LogP contribution in [-0.2, 0) is 4.79 Å². The number of hydrogen-bond acceptors (Lipinski definition) is 6. The van der Waals surface area contributed by atoms with Crippen molar-refractivity contribution in [1.82, 2.24) is 25.0 Å². The first-order valence-electron chi connectivity index (χ1n) is 11.0. The molecule has 0 atom stereocenters. The molecule has 3 heterocycles. The van der Waals surface area contributed by atoms with Crippen molar-refractivity contribution in [2.75, 3.05) is 51.7 Å². The Bertz CT molecular complexity index is 1080. The highest BCUT2D eigenvalue weighted by Crippen LogP contribution is 2.33. The third-order valence-corrected chi connectivity index (χ3v) is 6.50. The number of carbonyl (C=O) groups excluding carboxylic acids is 1. The Labute approximate surface area is 196 Å². The van der Waals surface area contributed by atoms with Crippen LogP contribution in [0.4, 0.5) is 5.82 Å². The second kappa shape index (κ2) is 10.4. The smallest absolute Gasteiger partial charge is 0.225 e. The van der Waals surface area contributed by atoms with Gasteiger partial charge >= 0.3 is 0 Å². The zero-order valence-corrected chi connectivity index (χ0v) is 20.1. The van der Waals surface area contributed by atoms with Gasteiger partial charge in [-0.3, -0.25) is 9.89 Å². The molecule has 2 N–H and O–H groups in total. The second-order valence-corrected chi connectivity index (χ2v) is 8.80. The first kappa shape index (κ1) is 22.7. The highest BCUT2D eigenvalue weighted by atomic mass is 79.9. The van der Waals surface area contributed by atoms with Crippen LogP contribution >= 0.6 is 15.9 Å². The van der Waals surface area contributed by atoms with E-state index in [4.69, 9.17) is 9.72 Å². The normalized spacial score (nSPS) is 15.2. The maximum atomic E-state index is 12.5. The summed E-state index contributed by atoms with van der Waals surface area (Å²) in [7, 11) is 1.64. The van der Waals surface area contributed by atoms with Crippen LogP contribution in [0.5, 0.6) is 5.75 Å². The summed E-state index contributed by atoms with van der Waals surface area (Å²) in [5.74, 6) is 1.24. The van der Waals surface area contributed by atoms with Gasteiger partial charge in [-0.15, -0.1) is 0 Å². The average molecular weight is 501 g/mol. The number of aromatic amines is 1. The highest BCUT2D eigenvalue weighted by Gasteiger charge is 2.17. The van der Waals surface area contributed by atoms with Crippen LogP contribution in [0.2, 0.25) is 0 Å². The predicted molar refractivity (Wildman–Crippen MR) is 130 cm³/mol. The maximum absolute atomic E-state index is 12.5. The molecule has 0 aliphatic carbocycles. The van der Waals surface area contributed by atoms with Crippen LogP contribution in [0.1, 0.15) is 19.8 Å². The fourth-order valence-corrected chi connectivity index (χ4v) is 4.53. The third kappa shape index (κ3) is 5.28. The zero-order chi connectivity index (χ0) is 22.5. The predicted octanol–water partition coefficient (Wildman–Crippen LogP) is 3.75. The van der Waals surface area contributed by atoms with Crippen molar-refractivity contribution in [1.29, 1.82) is 0 Å². The molecule has 1 fully saturated rings. The van der Waals surface area contributed by atoms with E-state index >= 15 is 0 Å². The molecule has 1 aliphatic heterocycles. The fourth-order valence-electron chi connectivity index (χ4n) is 3.98. The number of likely N-dealkylation sites (N-methyl/N-ethyl adjacent to an activating group) is 1. The number of pyridine rings is 1. The van der Waals surface area contributed by atoms with Crippen LogP contribution in [0, 0.1) is 0 Å². The monoisotopic (exact) mass is 500 g/mol. The molecule has 1 saturated heterocycles. The SMILES string of the molecule is CCN1CCN(CCCC(=O)Nc2n[nH]c3nc(-c4cccc(OC)c4)c(Br)cc23)CC1. The molecule has 170 valence electrons. The van der Waals surface area contributed by atoms with E-state index < -0.39 is 0 Å². The Hall–Kier alpha value is -2.49. The largest absolute Gasteiger partial charge is 0.497 e. The summed E-state index contributed by atoms with van der Waals surface area (Å²) in [5.41, 5.74) is 2.33. The van der Waals surface area contributed by atoms with E-state index in [1.807, 2.05) is 30.3 Å². The molecule has 1 aromatic carbocycles. The number of anilines is 1. The van der Waals surface area contributed by atoms with Gasteiger partial charge in [-0.25, -0.2) is 4.98 Å². The van der Waals surface area contributed by atoms with Gasteiger partial charge in [0.2, 0.25) is 5.91 Å². The Morgan fingerprint density at radius 1 is 1.22 bits per heavy atom. The molecule has 0 spiro atoms. The van der Waals surface area contributed by atoms with Gasteiger partial charge in [-0.1, -0.05) is 19.1 Å². The second-order valence-electron chi connectivity index (χ2n) is 7.95. The highest BCUT2D eigenvalue weighted by molar-refractivity contribution is 9.10. The van der Waals surface area contributed by atoms with Crippen molar-refractivity contribution in [3.8, 4) is 17.0 Å². The van der Waals surface area contributed by atoms with Gasteiger partial charge < -0.3 is 19.9 Å². The number of hydrogen-bond donors (Lipinski definition) is 2. The van der Waals surface area contributed by atoms with Crippen molar-refractivity contribution in [2.45, 2.75) is 19.8 Å². The van der Waals surface area contributed by atoms with Crippen LogP contribution < -0.4 is 10.1 Å². The number of ether oxygens (including phenoxy) is 1. The van der Waals surface area contributed by atoms with Crippen LogP contribution in [-0.4, -0.2) is 77.3 Å². The Morgan fingerprint density at radius 2 is 2.00 bits per heavy atom. The summed E-state index contributed by atoms with van der Waals surface area (Å²) in [5, 5.41) is 10.9. The lowest BCUT2D eigenvalue weighted by Gasteiger charge is -2.33. The number of fused-ring (bicyclic) bond motifs is 1. The molecule has 2 aromatic heterocycles. The molecule has 3 aromatic rings. The number of carbonyl (C=O) groups is 1. The number of halogens is 1. The lowest BCUT2D eigenvalue weighted by atomic mass is 10.1. The van der Waals surface area contributed by atoms with E-state index in [0.29, 0.717) is 17.9 Å². The van der Waals surface area contributed by atoms with E-state index in [-0.39, 0.29) is 5.91 Å². The number of nitrogens with one attached hydrogen (secondary N) is 2. The van der Waals surface area contributed by atoms with Crippen LogP contribution in [0.3, 0.4) is 0 Å². The Balaban J connectivity index is 1.37. The van der Waals surface area contributed by atoms with E-state index in [1.165, 1.54) is 0 Å².